The highest BCUT2D eigenvalue weighted by atomic mass is 32.2. The van der Waals surface area contributed by atoms with Crippen LogP contribution in [0.5, 0.6) is 0 Å². The van der Waals surface area contributed by atoms with Crippen LogP contribution in [0.25, 0.3) is 0 Å². The van der Waals surface area contributed by atoms with Crippen molar-refractivity contribution >= 4 is 23.7 Å². The second-order valence-electron chi connectivity index (χ2n) is 3.73. The van der Waals surface area contributed by atoms with E-state index in [-0.39, 0.29) is 11.1 Å². The van der Waals surface area contributed by atoms with Gasteiger partial charge in [0.15, 0.2) is 0 Å². The second kappa shape index (κ2) is 5.58. The largest absolute Gasteiger partial charge is 0.478 e. The predicted octanol–water partition coefficient (Wildman–Crippen LogP) is 3.23. The van der Waals surface area contributed by atoms with Crippen LogP contribution >= 0.6 is 11.8 Å². The highest BCUT2D eigenvalue weighted by Crippen LogP contribution is 2.30. The number of aromatic carboxylic acids is 2. The molecule has 0 atom stereocenters. The Morgan fingerprint density at radius 3 is 2.05 bits per heavy atom. The van der Waals surface area contributed by atoms with Crippen molar-refractivity contribution in [2.24, 2.45) is 0 Å². The molecule has 0 aliphatic carbocycles. The van der Waals surface area contributed by atoms with Crippen molar-refractivity contribution in [3.63, 3.8) is 0 Å². The molecule has 0 bridgehead atoms. The van der Waals surface area contributed by atoms with Gasteiger partial charge in [-0.15, -0.1) is 0 Å². The molecule has 0 aromatic heterocycles. The Morgan fingerprint density at radius 2 is 1.47 bits per heavy atom. The standard InChI is InChI=1S/C14H10O4S/c15-13(16)9-5-7-10(8-6-9)19-12-4-2-1-3-11(12)14(17)18/h1-8H,(H,15,16)(H,17,18). The van der Waals surface area contributed by atoms with Crippen LogP contribution in [0.3, 0.4) is 0 Å². The van der Waals surface area contributed by atoms with Gasteiger partial charge in [-0.25, -0.2) is 9.59 Å². The first kappa shape index (κ1) is 13.2. The predicted molar refractivity (Wildman–Crippen MR) is 70.9 cm³/mol. The molecule has 0 fully saturated rings. The molecule has 0 saturated heterocycles. The highest BCUT2D eigenvalue weighted by Gasteiger charge is 2.10. The Morgan fingerprint density at radius 1 is 0.842 bits per heavy atom. The number of rotatable bonds is 4. The van der Waals surface area contributed by atoms with Crippen molar-refractivity contribution in [2.75, 3.05) is 0 Å². The maximum atomic E-state index is 11.1. The lowest BCUT2D eigenvalue weighted by Gasteiger charge is -2.05. The molecule has 96 valence electrons. The monoisotopic (exact) mass is 274 g/mol. The average Bonchev–Trinajstić information content (AvgIpc) is 2.39. The number of carboxylic acids is 2. The molecule has 0 amide bonds. The van der Waals surface area contributed by atoms with Crippen LogP contribution in [0.1, 0.15) is 20.7 Å². The normalized spacial score (nSPS) is 10.1. The lowest BCUT2D eigenvalue weighted by molar-refractivity contribution is 0.0684. The molecule has 0 aliphatic rings. The lowest BCUT2D eigenvalue weighted by atomic mass is 10.2. The van der Waals surface area contributed by atoms with Gasteiger partial charge < -0.3 is 10.2 Å². The van der Waals surface area contributed by atoms with E-state index in [2.05, 4.69) is 0 Å². The molecule has 4 nitrogen and oxygen atoms in total. The van der Waals surface area contributed by atoms with Gasteiger partial charge in [-0.3, -0.25) is 0 Å². The van der Waals surface area contributed by atoms with E-state index in [0.29, 0.717) is 4.90 Å². The highest BCUT2D eigenvalue weighted by molar-refractivity contribution is 7.99. The van der Waals surface area contributed by atoms with Crippen LogP contribution in [0.2, 0.25) is 0 Å². The van der Waals surface area contributed by atoms with E-state index >= 15 is 0 Å². The summed E-state index contributed by atoms with van der Waals surface area (Å²) in [6, 6.07) is 13.0. The fourth-order valence-corrected chi connectivity index (χ4v) is 2.46. The van der Waals surface area contributed by atoms with Gasteiger partial charge in [0.05, 0.1) is 11.1 Å². The molecule has 0 spiro atoms. The van der Waals surface area contributed by atoms with Crippen molar-refractivity contribution < 1.29 is 19.8 Å². The molecule has 19 heavy (non-hydrogen) atoms. The van der Waals surface area contributed by atoms with E-state index in [4.69, 9.17) is 10.2 Å². The van der Waals surface area contributed by atoms with Gasteiger partial charge in [-0.2, -0.15) is 0 Å². The molecule has 0 saturated carbocycles. The van der Waals surface area contributed by atoms with Gasteiger partial charge in [-0.05, 0) is 36.4 Å². The van der Waals surface area contributed by atoms with Crippen molar-refractivity contribution in [3.8, 4) is 0 Å². The summed E-state index contributed by atoms with van der Waals surface area (Å²) in [5.74, 6) is -1.97. The van der Waals surface area contributed by atoms with Gasteiger partial charge in [0.2, 0.25) is 0 Å². The molecule has 0 heterocycles. The molecule has 5 heteroatoms. The van der Waals surface area contributed by atoms with E-state index < -0.39 is 11.9 Å². The van der Waals surface area contributed by atoms with Gasteiger partial charge in [-0.1, -0.05) is 23.9 Å². The zero-order valence-electron chi connectivity index (χ0n) is 9.74. The van der Waals surface area contributed by atoms with Gasteiger partial charge in [0, 0.05) is 9.79 Å². The quantitative estimate of drug-likeness (QED) is 0.895. The molecule has 2 rings (SSSR count). The topological polar surface area (TPSA) is 74.6 Å². The summed E-state index contributed by atoms with van der Waals surface area (Å²) in [6.45, 7) is 0. The zero-order chi connectivity index (χ0) is 13.8. The van der Waals surface area contributed by atoms with E-state index in [1.807, 2.05) is 0 Å². The Bertz CT molecular complexity index is 620. The minimum atomic E-state index is -0.984. The van der Waals surface area contributed by atoms with Gasteiger partial charge >= 0.3 is 11.9 Å². The van der Waals surface area contributed by atoms with E-state index in [1.165, 1.54) is 30.0 Å². The van der Waals surface area contributed by atoms with Crippen LogP contribution in [0.15, 0.2) is 58.3 Å². The molecule has 2 aromatic rings. The first-order valence-electron chi connectivity index (χ1n) is 5.41. The molecule has 0 aliphatic heterocycles. The Kier molecular flexibility index (Phi) is 3.87. The molecule has 2 aromatic carbocycles. The van der Waals surface area contributed by atoms with Crippen molar-refractivity contribution in [1.29, 1.82) is 0 Å². The van der Waals surface area contributed by atoms with Crippen LogP contribution in [0, 0.1) is 0 Å². The Hall–Kier alpha value is -2.27. The van der Waals surface area contributed by atoms with Gasteiger partial charge in [0.1, 0.15) is 0 Å². The third kappa shape index (κ3) is 3.14. The minimum Gasteiger partial charge on any atom is -0.478 e. The van der Waals surface area contributed by atoms with E-state index in [0.717, 1.165) is 4.90 Å². The number of benzene rings is 2. The van der Waals surface area contributed by atoms with Crippen LogP contribution in [-0.4, -0.2) is 22.2 Å². The minimum absolute atomic E-state index is 0.205. The molecule has 0 unspecified atom stereocenters. The van der Waals surface area contributed by atoms with Gasteiger partial charge in [0.25, 0.3) is 0 Å². The van der Waals surface area contributed by atoms with E-state index in [9.17, 15) is 9.59 Å². The van der Waals surface area contributed by atoms with Crippen molar-refractivity contribution in [2.45, 2.75) is 9.79 Å². The number of hydrogen-bond acceptors (Lipinski definition) is 3. The summed E-state index contributed by atoms with van der Waals surface area (Å²) >= 11 is 1.29. The average molecular weight is 274 g/mol. The zero-order valence-corrected chi connectivity index (χ0v) is 10.6. The Balaban J connectivity index is 2.26. The third-order valence-corrected chi connectivity index (χ3v) is 3.53. The SMILES string of the molecule is O=C(O)c1ccc(Sc2ccccc2C(=O)O)cc1. The van der Waals surface area contributed by atoms with E-state index in [1.54, 1.807) is 30.3 Å². The van der Waals surface area contributed by atoms with Crippen molar-refractivity contribution in [1.82, 2.24) is 0 Å². The van der Waals surface area contributed by atoms with Crippen molar-refractivity contribution in [3.05, 3.63) is 59.7 Å². The summed E-state index contributed by atoms with van der Waals surface area (Å²) in [5, 5.41) is 17.9. The second-order valence-corrected chi connectivity index (χ2v) is 4.85. The van der Waals surface area contributed by atoms with Crippen LogP contribution in [0.4, 0.5) is 0 Å². The molecule has 2 N–H and O–H groups in total. The summed E-state index contributed by atoms with van der Waals surface area (Å²) in [4.78, 5) is 23.2. The number of hydrogen-bond donors (Lipinski definition) is 2. The molecular formula is C14H10O4S. The first-order valence-corrected chi connectivity index (χ1v) is 6.23. The Labute approximate surface area is 113 Å². The summed E-state index contributed by atoms with van der Waals surface area (Å²) in [6.07, 6.45) is 0. The van der Waals surface area contributed by atoms with Crippen LogP contribution < -0.4 is 0 Å². The summed E-state index contributed by atoms with van der Waals surface area (Å²) in [5.41, 5.74) is 0.436. The smallest absolute Gasteiger partial charge is 0.336 e. The van der Waals surface area contributed by atoms with Crippen LogP contribution in [-0.2, 0) is 0 Å². The molecule has 0 radical (unpaired) electrons. The molecular weight excluding hydrogens is 264 g/mol. The maximum absolute atomic E-state index is 11.1. The fraction of sp³-hybridized carbons (Fsp3) is 0. The third-order valence-electron chi connectivity index (χ3n) is 2.45. The summed E-state index contributed by atoms with van der Waals surface area (Å²) in [7, 11) is 0. The lowest BCUT2D eigenvalue weighted by Crippen LogP contribution is -1.98. The fourth-order valence-electron chi connectivity index (χ4n) is 1.52. The first-order chi connectivity index (χ1) is 9.08. The summed E-state index contributed by atoms with van der Waals surface area (Å²) < 4.78 is 0. The maximum Gasteiger partial charge on any atom is 0.336 e. The number of carboxylic acid groups (broad SMARTS) is 2. The number of carbonyl (C=O) groups is 2.